The smallest absolute Gasteiger partial charge is 0.00171 e. The lowest BCUT2D eigenvalue weighted by Gasteiger charge is -2.18. The van der Waals surface area contributed by atoms with Crippen LogP contribution in [-0.2, 0) is 0 Å². The molecule has 0 fully saturated rings. The molecule has 1 nitrogen and oxygen atoms in total. The molecule has 1 unspecified atom stereocenters. The third kappa shape index (κ3) is 5.36. The van der Waals surface area contributed by atoms with Crippen molar-refractivity contribution in [3.63, 3.8) is 0 Å². The van der Waals surface area contributed by atoms with Gasteiger partial charge in [0, 0.05) is 6.54 Å². The number of aryl methyl sites for hydroxylation is 1. The van der Waals surface area contributed by atoms with Gasteiger partial charge in [-0.1, -0.05) is 56.5 Å². The van der Waals surface area contributed by atoms with Crippen LogP contribution in [0.2, 0.25) is 0 Å². The highest BCUT2D eigenvalue weighted by atomic mass is 14.8. The highest BCUT2D eigenvalue weighted by molar-refractivity contribution is 5.24. The van der Waals surface area contributed by atoms with Crippen molar-refractivity contribution >= 4 is 0 Å². The Labute approximate surface area is 107 Å². The van der Waals surface area contributed by atoms with Gasteiger partial charge in [-0.3, -0.25) is 0 Å². The molecule has 17 heavy (non-hydrogen) atoms. The van der Waals surface area contributed by atoms with Gasteiger partial charge in [-0.15, -0.1) is 0 Å². The summed E-state index contributed by atoms with van der Waals surface area (Å²) in [6, 6.07) is 9.01. The average molecular weight is 233 g/mol. The zero-order valence-corrected chi connectivity index (χ0v) is 11.8. The van der Waals surface area contributed by atoms with Crippen LogP contribution >= 0.6 is 0 Å². The summed E-state index contributed by atoms with van der Waals surface area (Å²) in [5.41, 5.74) is 2.83. The van der Waals surface area contributed by atoms with Crippen molar-refractivity contribution < 1.29 is 0 Å². The number of nitrogens with one attached hydrogen (secondary N) is 1. The van der Waals surface area contributed by atoms with E-state index in [-0.39, 0.29) is 0 Å². The third-order valence-corrected chi connectivity index (χ3v) is 3.33. The van der Waals surface area contributed by atoms with Gasteiger partial charge in [0.2, 0.25) is 0 Å². The van der Waals surface area contributed by atoms with E-state index < -0.39 is 0 Å². The summed E-state index contributed by atoms with van der Waals surface area (Å²) in [5.74, 6) is 1.49. The third-order valence-electron chi connectivity index (χ3n) is 3.33. The monoisotopic (exact) mass is 233 g/mol. The lowest BCUT2D eigenvalue weighted by molar-refractivity contribution is 0.490. The maximum absolute atomic E-state index is 3.32. The van der Waals surface area contributed by atoms with Gasteiger partial charge in [0.1, 0.15) is 0 Å². The minimum absolute atomic E-state index is 0.666. The van der Waals surface area contributed by atoms with Crippen LogP contribution in [0.4, 0.5) is 0 Å². The summed E-state index contributed by atoms with van der Waals surface area (Å²) in [6.45, 7) is 7.84. The molecule has 0 aromatic heterocycles. The number of benzene rings is 1. The maximum atomic E-state index is 3.32. The van der Waals surface area contributed by atoms with Gasteiger partial charge in [-0.25, -0.2) is 0 Å². The van der Waals surface area contributed by atoms with Crippen molar-refractivity contribution in [2.45, 2.75) is 46.0 Å². The van der Waals surface area contributed by atoms with E-state index >= 15 is 0 Å². The van der Waals surface area contributed by atoms with Crippen molar-refractivity contribution in [2.24, 2.45) is 5.92 Å². The van der Waals surface area contributed by atoms with E-state index in [1.54, 1.807) is 0 Å². The van der Waals surface area contributed by atoms with Crippen LogP contribution in [0.25, 0.3) is 0 Å². The van der Waals surface area contributed by atoms with Gasteiger partial charge in [-0.2, -0.15) is 0 Å². The van der Waals surface area contributed by atoms with E-state index in [2.05, 4.69) is 50.4 Å². The van der Waals surface area contributed by atoms with Crippen molar-refractivity contribution in [3.05, 3.63) is 35.4 Å². The van der Waals surface area contributed by atoms with Gasteiger partial charge < -0.3 is 5.32 Å². The van der Waals surface area contributed by atoms with Crippen LogP contribution in [0.1, 0.15) is 50.2 Å². The van der Waals surface area contributed by atoms with Gasteiger partial charge in [-0.05, 0) is 37.8 Å². The zero-order valence-electron chi connectivity index (χ0n) is 11.8. The fourth-order valence-electron chi connectivity index (χ4n) is 2.24. The fourth-order valence-corrected chi connectivity index (χ4v) is 2.24. The Morgan fingerprint density at radius 2 is 1.71 bits per heavy atom. The Morgan fingerprint density at radius 3 is 2.24 bits per heavy atom. The van der Waals surface area contributed by atoms with E-state index in [4.69, 9.17) is 0 Å². The van der Waals surface area contributed by atoms with Crippen molar-refractivity contribution in [3.8, 4) is 0 Å². The van der Waals surface area contributed by atoms with E-state index in [1.165, 1.54) is 30.4 Å². The first-order valence-corrected chi connectivity index (χ1v) is 6.84. The maximum Gasteiger partial charge on any atom is 0.00171 e. The summed E-state index contributed by atoms with van der Waals surface area (Å²) in [4.78, 5) is 0. The molecular formula is C16H27N. The Kier molecular flexibility index (Phi) is 6.28. The molecule has 1 atom stereocenters. The van der Waals surface area contributed by atoms with Gasteiger partial charge >= 0.3 is 0 Å². The minimum Gasteiger partial charge on any atom is -0.319 e. The first kappa shape index (κ1) is 14.2. The summed E-state index contributed by atoms with van der Waals surface area (Å²) < 4.78 is 0. The van der Waals surface area contributed by atoms with Gasteiger partial charge in [0.25, 0.3) is 0 Å². The number of hydrogen-bond donors (Lipinski definition) is 1. The van der Waals surface area contributed by atoms with E-state index in [9.17, 15) is 0 Å². The molecule has 0 bridgehead atoms. The molecule has 0 saturated carbocycles. The average Bonchev–Trinajstić information content (AvgIpc) is 2.29. The molecule has 0 amide bonds. The number of rotatable bonds is 7. The SMILES string of the molecule is CNCC(CCCC(C)C)c1ccc(C)cc1. The summed E-state index contributed by atoms with van der Waals surface area (Å²) in [5, 5.41) is 3.32. The topological polar surface area (TPSA) is 12.0 Å². The Bertz CT molecular complexity index is 300. The lowest BCUT2D eigenvalue weighted by atomic mass is 9.91. The first-order chi connectivity index (χ1) is 8.13. The molecule has 1 aromatic carbocycles. The highest BCUT2D eigenvalue weighted by Crippen LogP contribution is 2.23. The molecule has 1 aromatic rings. The van der Waals surface area contributed by atoms with Gasteiger partial charge in [0.15, 0.2) is 0 Å². The Morgan fingerprint density at radius 1 is 1.06 bits per heavy atom. The fraction of sp³-hybridized carbons (Fsp3) is 0.625. The molecule has 0 aliphatic heterocycles. The molecule has 96 valence electrons. The summed E-state index contributed by atoms with van der Waals surface area (Å²) in [7, 11) is 2.05. The second-order valence-electron chi connectivity index (χ2n) is 5.49. The van der Waals surface area contributed by atoms with E-state index in [1.807, 2.05) is 7.05 Å². The van der Waals surface area contributed by atoms with Gasteiger partial charge in [0.05, 0.1) is 0 Å². The van der Waals surface area contributed by atoms with Crippen LogP contribution in [0.5, 0.6) is 0 Å². The number of likely N-dealkylation sites (N-methyl/N-ethyl adjacent to an activating group) is 1. The number of hydrogen-bond acceptors (Lipinski definition) is 1. The quantitative estimate of drug-likeness (QED) is 0.747. The van der Waals surface area contributed by atoms with Crippen LogP contribution in [-0.4, -0.2) is 13.6 Å². The van der Waals surface area contributed by atoms with Crippen LogP contribution in [0.3, 0.4) is 0 Å². The minimum atomic E-state index is 0.666. The molecule has 1 heteroatoms. The Hall–Kier alpha value is -0.820. The van der Waals surface area contributed by atoms with Crippen molar-refractivity contribution in [1.82, 2.24) is 5.32 Å². The zero-order chi connectivity index (χ0) is 12.7. The molecule has 0 radical (unpaired) electrons. The molecule has 1 N–H and O–H groups in total. The highest BCUT2D eigenvalue weighted by Gasteiger charge is 2.10. The van der Waals surface area contributed by atoms with Crippen LogP contribution < -0.4 is 5.32 Å². The molecule has 1 rings (SSSR count). The second-order valence-corrected chi connectivity index (χ2v) is 5.49. The summed E-state index contributed by atoms with van der Waals surface area (Å²) >= 11 is 0. The largest absolute Gasteiger partial charge is 0.319 e. The normalized spacial score (nSPS) is 13.0. The molecular weight excluding hydrogens is 206 g/mol. The predicted molar refractivity (Wildman–Crippen MR) is 76.5 cm³/mol. The van der Waals surface area contributed by atoms with E-state index in [0.717, 1.165) is 12.5 Å². The molecule has 0 saturated heterocycles. The molecule has 0 aliphatic carbocycles. The van der Waals surface area contributed by atoms with Crippen LogP contribution in [0.15, 0.2) is 24.3 Å². The Balaban J connectivity index is 2.55. The predicted octanol–water partition coefficient (Wildman–Crippen LogP) is 4.12. The van der Waals surface area contributed by atoms with Crippen molar-refractivity contribution in [1.29, 1.82) is 0 Å². The molecule has 0 spiro atoms. The first-order valence-electron chi connectivity index (χ1n) is 6.84. The second kappa shape index (κ2) is 7.50. The molecule has 0 aliphatic rings. The summed E-state index contributed by atoms with van der Waals surface area (Å²) in [6.07, 6.45) is 3.96. The lowest BCUT2D eigenvalue weighted by Crippen LogP contribution is -2.17. The van der Waals surface area contributed by atoms with E-state index in [0.29, 0.717) is 5.92 Å². The van der Waals surface area contributed by atoms with Crippen LogP contribution in [0, 0.1) is 12.8 Å². The standard InChI is InChI=1S/C16H27N/c1-13(2)6-5-7-16(12-17-4)15-10-8-14(3)9-11-15/h8-11,13,16-17H,5-7,12H2,1-4H3. The molecule has 0 heterocycles. The van der Waals surface area contributed by atoms with Crippen molar-refractivity contribution in [2.75, 3.05) is 13.6 Å².